The van der Waals surface area contributed by atoms with Crippen LogP contribution in [0.4, 0.5) is 4.79 Å². The molecule has 0 saturated carbocycles. The molecule has 0 aromatic heterocycles. The third-order valence-electron chi connectivity index (χ3n) is 2.24. The van der Waals surface area contributed by atoms with Gasteiger partial charge in [0.2, 0.25) is 0 Å². The average Bonchev–Trinajstić information content (AvgIpc) is 2.15. The first-order chi connectivity index (χ1) is 7.33. The number of morpholine rings is 1. The molecular formula is C11H19NO4. The summed E-state index contributed by atoms with van der Waals surface area (Å²) in [5, 5.41) is 0. The molecule has 1 heterocycles. The highest BCUT2D eigenvalue weighted by Gasteiger charge is 2.32. The second-order valence-electron chi connectivity index (χ2n) is 4.99. The fourth-order valence-electron chi connectivity index (χ4n) is 1.44. The van der Waals surface area contributed by atoms with Crippen LogP contribution in [0.25, 0.3) is 0 Å². The smallest absolute Gasteiger partial charge is 0.410 e. The lowest BCUT2D eigenvalue weighted by atomic mass is 10.2. The van der Waals surface area contributed by atoms with Gasteiger partial charge in [0.1, 0.15) is 11.7 Å². The highest BCUT2D eigenvalue weighted by atomic mass is 16.6. The zero-order valence-electron chi connectivity index (χ0n) is 10.2. The van der Waals surface area contributed by atoms with Crippen LogP contribution in [0, 0.1) is 0 Å². The Morgan fingerprint density at radius 1 is 1.50 bits per heavy atom. The SMILES string of the molecule is C[C@@H]1COC(C=O)CN1C(=O)OC(C)(C)C. The summed E-state index contributed by atoms with van der Waals surface area (Å²) in [6.07, 6.45) is -0.220. The second-order valence-corrected chi connectivity index (χ2v) is 4.99. The van der Waals surface area contributed by atoms with E-state index >= 15 is 0 Å². The van der Waals surface area contributed by atoms with E-state index in [1.807, 2.05) is 27.7 Å². The lowest BCUT2D eigenvalue weighted by molar-refractivity contribution is -0.126. The lowest BCUT2D eigenvalue weighted by Crippen LogP contribution is -2.52. The summed E-state index contributed by atoms with van der Waals surface area (Å²) in [6.45, 7) is 7.93. The van der Waals surface area contributed by atoms with Crippen LogP contribution in [-0.2, 0) is 14.3 Å². The number of amides is 1. The van der Waals surface area contributed by atoms with E-state index in [0.717, 1.165) is 0 Å². The summed E-state index contributed by atoms with van der Waals surface area (Å²) in [7, 11) is 0. The Bertz CT molecular complexity index is 272. The van der Waals surface area contributed by atoms with Crippen LogP contribution in [0.5, 0.6) is 0 Å². The third kappa shape index (κ3) is 3.48. The number of hydrogen-bond donors (Lipinski definition) is 0. The fourth-order valence-corrected chi connectivity index (χ4v) is 1.44. The topological polar surface area (TPSA) is 55.8 Å². The maximum atomic E-state index is 11.8. The van der Waals surface area contributed by atoms with Crippen LogP contribution >= 0.6 is 0 Å². The summed E-state index contributed by atoms with van der Waals surface area (Å²) in [6, 6.07) is -0.0638. The van der Waals surface area contributed by atoms with Crippen molar-refractivity contribution in [1.29, 1.82) is 0 Å². The van der Waals surface area contributed by atoms with Crippen molar-refractivity contribution in [3.8, 4) is 0 Å². The largest absolute Gasteiger partial charge is 0.444 e. The van der Waals surface area contributed by atoms with Gasteiger partial charge in [-0.1, -0.05) is 0 Å². The fraction of sp³-hybridized carbons (Fsp3) is 0.818. The number of hydrogen-bond acceptors (Lipinski definition) is 4. The van der Waals surface area contributed by atoms with Crippen molar-refractivity contribution in [2.24, 2.45) is 0 Å². The number of carbonyl (C=O) groups is 2. The summed E-state index contributed by atoms with van der Waals surface area (Å²) in [5.74, 6) is 0. The quantitative estimate of drug-likeness (QED) is 0.634. The van der Waals surface area contributed by atoms with Crippen molar-refractivity contribution < 1.29 is 19.1 Å². The van der Waals surface area contributed by atoms with Crippen molar-refractivity contribution in [2.75, 3.05) is 13.2 Å². The maximum absolute atomic E-state index is 11.8. The summed E-state index contributed by atoms with van der Waals surface area (Å²) in [4.78, 5) is 24.0. The van der Waals surface area contributed by atoms with Crippen molar-refractivity contribution >= 4 is 12.4 Å². The van der Waals surface area contributed by atoms with E-state index in [1.54, 1.807) is 0 Å². The van der Waals surface area contributed by atoms with Crippen LogP contribution in [0.3, 0.4) is 0 Å². The summed E-state index contributed by atoms with van der Waals surface area (Å²) < 4.78 is 10.5. The first kappa shape index (κ1) is 13.0. The van der Waals surface area contributed by atoms with Gasteiger partial charge < -0.3 is 19.2 Å². The predicted molar refractivity (Wildman–Crippen MR) is 58.2 cm³/mol. The minimum absolute atomic E-state index is 0.0638. The average molecular weight is 229 g/mol. The van der Waals surface area contributed by atoms with Crippen molar-refractivity contribution in [1.82, 2.24) is 4.90 Å². The molecule has 0 bridgehead atoms. The van der Waals surface area contributed by atoms with Crippen LogP contribution in [0.1, 0.15) is 27.7 Å². The number of nitrogens with zero attached hydrogens (tertiary/aromatic N) is 1. The van der Waals surface area contributed by atoms with E-state index in [0.29, 0.717) is 12.9 Å². The minimum atomic E-state index is -0.538. The molecule has 0 spiro atoms. The predicted octanol–water partition coefficient (Wildman–Crippen LogP) is 1.21. The Morgan fingerprint density at radius 3 is 2.62 bits per heavy atom. The molecule has 5 nitrogen and oxygen atoms in total. The maximum Gasteiger partial charge on any atom is 0.410 e. The standard InChI is InChI=1S/C11H19NO4/c1-8-7-15-9(6-13)5-12(8)10(14)16-11(2,3)4/h6,8-9H,5,7H2,1-4H3/t8-,9?/m1/s1. The molecule has 92 valence electrons. The molecule has 1 rings (SSSR count). The number of aldehydes is 1. The number of rotatable bonds is 1. The lowest BCUT2D eigenvalue weighted by Gasteiger charge is -2.36. The molecule has 5 heteroatoms. The van der Waals surface area contributed by atoms with Crippen LogP contribution < -0.4 is 0 Å². The zero-order valence-corrected chi connectivity index (χ0v) is 10.2. The molecule has 0 N–H and O–H groups in total. The van der Waals surface area contributed by atoms with E-state index in [2.05, 4.69) is 0 Å². The monoisotopic (exact) mass is 229 g/mol. The van der Waals surface area contributed by atoms with E-state index in [4.69, 9.17) is 9.47 Å². The Morgan fingerprint density at radius 2 is 2.12 bits per heavy atom. The van der Waals surface area contributed by atoms with Gasteiger partial charge in [0, 0.05) is 0 Å². The Hall–Kier alpha value is -1.10. The van der Waals surface area contributed by atoms with Gasteiger partial charge in [0.05, 0.1) is 19.2 Å². The van der Waals surface area contributed by atoms with E-state index < -0.39 is 17.8 Å². The molecule has 2 atom stereocenters. The molecule has 1 fully saturated rings. The first-order valence-electron chi connectivity index (χ1n) is 5.40. The van der Waals surface area contributed by atoms with Crippen molar-refractivity contribution in [2.45, 2.75) is 45.4 Å². The Labute approximate surface area is 95.7 Å². The molecule has 0 aromatic carbocycles. The highest BCUT2D eigenvalue weighted by molar-refractivity contribution is 5.70. The van der Waals surface area contributed by atoms with Gasteiger partial charge >= 0.3 is 6.09 Å². The molecule has 0 radical (unpaired) electrons. The third-order valence-corrected chi connectivity index (χ3v) is 2.24. The minimum Gasteiger partial charge on any atom is -0.444 e. The van der Waals surface area contributed by atoms with Gasteiger partial charge in [0.25, 0.3) is 0 Å². The van der Waals surface area contributed by atoms with E-state index in [-0.39, 0.29) is 12.6 Å². The van der Waals surface area contributed by atoms with Gasteiger partial charge in [-0.2, -0.15) is 0 Å². The molecule has 0 aliphatic carbocycles. The highest BCUT2D eigenvalue weighted by Crippen LogP contribution is 2.16. The first-order valence-corrected chi connectivity index (χ1v) is 5.40. The van der Waals surface area contributed by atoms with Gasteiger partial charge in [-0.15, -0.1) is 0 Å². The number of ether oxygens (including phenoxy) is 2. The normalized spacial score (nSPS) is 26.4. The molecule has 1 aliphatic rings. The molecule has 1 saturated heterocycles. The number of carbonyl (C=O) groups excluding carboxylic acids is 2. The summed E-state index contributed by atoms with van der Waals surface area (Å²) in [5.41, 5.74) is -0.522. The second kappa shape index (κ2) is 4.82. The Kier molecular flexibility index (Phi) is 3.91. The van der Waals surface area contributed by atoms with Crippen LogP contribution in [0.15, 0.2) is 0 Å². The van der Waals surface area contributed by atoms with Gasteiger partial charge in [-0.3, -0.25) is 0 Å². The molecule has 16 heavy (non-hydrogen) atoms. The van der Waals surface area contributed by atoms with E-state index in [1.165, 1.54) is 4.90 Å². The van der Waals surface area contributed by atoms with Gasteiger partial charge in [-0.05, 0) is 27.7 Å². The molecular weight excluding hydrogens is 210 g/mol. The molecule has 1 aliphatic heterocycles. The van der Waals surface area contributed by atoms with Gasteiger partial charge in [0.15, 0.2) is 6.29 Å². The van der Waals surface area contributed by atoms with Crippen LogP contribution in [0.2, 0.25) is 0 Å². The summed E-state index contributed by atoms with van der Waals surface area (Å²) >= 11 is 0. The van der Waals surface area contributed by atoms with Crippen molar-refractivity contribution in [3.05, 3.63) is 0 Å². The van der Waals surface area contributed by atoms with Gasteiger partial charge in [-0.25, -0.2) is 4.79 Å². The molecule has 1 amide bonds. The molecule has 0 aromatic rings. The van der Waals surface area contributed by atoms with Crippen molar-refractivity contribution in [3.63, 3.8) is 0 Å². The zero-order chi connectivity index (χ0) is 12.3. The molecule has 1 unspecified atom stereocenters. The van der Waals surface area contributed by atoms with E-state index in [9.17, 15) is 9.59 Å². The van der Waals surface area contributed by atoms with Crippen LogP contribution in [-0.4, -0.2) is 48.2 Å². The Balaban J connectivity index is 2.62.